The van der Waals surface area contributed by atoms with Gasteiger partial charge in [0.2, 0.25) is 0 Å². The van der Waals surface area contributed by atoms with Crippen molar-refractivity contribution in [1.82, 2.24) is 9.88 Å². The molecule has 5 aliphatic rings. The molecule has 0 spiro atoms. The lowest BCUT2D eigenvalue weighted by Gasteiger charge is -2.57. The normalized spacial score (nSPS) is 27.6. The standard InChI is InChI=1S/C35H37N3O3S/c1-4-41-30-11-9-29(10-12-30)38-33(40)31(32(39)36-34(38)42)17-26-13-21(2)37(22(26)3)28-7-5-27(6-8-28)35-18-23-14-24(19-35)16-25(15-23)20-35/h5-13,17,23-25H,4,14-16,18-20H2,1-3H3,(H,36,39,42)/b31-17+. The Morgan fingerprint density at radius 3 is 2.12 bits per heavy atom. The minimum Gasteiger partial charge on any atom is -0.494 e. The number of carbonyl (C=O) groups excluding carboxylic acids is 2. The van der Waals surface area contributed by atoms with E-state index in [4.69, 9.17) is 17.0 Å². The van der Waals surface area contributed by atoms with E-state index >= 15 is 0 Å². The van der Waals surface area contributed by atoms with Gasteiger partial charge in [0.1, 0.15) is 11.3 Å². The molecule has 1 N–H and O–H groups in total. The van der Waals surface area contributed by atoms with Gasteiger partial charge in [-0.2, -0.15) is 0 Å². The van der Waals surface area contributed by atoms with Crippen molar-refractivity contribution in [2.24, 2.45) is 17.8 Å². The van der Waals surface area contributed by atoms with E-state index in [1.54, 1.807) is 30.3 Å². The van der Waals surface area contributed by atoms with Gasteiger partial charge in [-0.15, -0.1) is 0 Å². The smallest absolute Gasteiger partial charge is 0.270 e. The van der Waals surface area contributed by atoms with E-state index in [2.05, 4.69) is 41.1 Å². The van der Waals surface area contributed by atoms with Crippen LogP contribution in [0.25, 0.3) is 11.8 Å². The summed E-state index contributed by atoms with van der Waals surface area (Å²) in [6, 6.07) is 18.3. The van der Waals surface area contributed by atoms with Gasteiger partial charge in [-0.05, 0) is 154 Å². The zero-order valence-electron chi connectivity index (χ0n) is 24.5. The van der Waals surface area contributed by atoms with Crippen molar-refractivity contribution in [2.75, 3.05) is 11.5 Å². The van der Waals surface area contributed by atoms with Gasteiger partial charge < -0.3 is 9.30 Å². The Bertz CT molecular complexity index is 1580. The monoisotopic (exact) mass is 579 g/mol. The Morgan fingerprint density at radius 2 is 1.52 bits per heavy atom. The van der Waals surface area contributed by atoms with E-state index in [1.165, 1.54) is 49.0 Å². The summed E-state index contributed by atoms with van der Waals surface area (Å²) in [6.07, 6.45) is 10.1. The third-order valence-corrected chi connectivity index (χ3v) is 10.3. The van der Waals surface area contributed by atoms with E-state index in [0.29, 0.717) is 23.5 Å². The molecule has 7 heteroatoms. The second-order valence-electron chi connectivity index (χ2n) is 12.8. The van der Waals surface area contributed by atoms with Crippen LogP contribution in [0.5, 0.6) is 5.75 Å². The Kier molecular flexibility index (Phi) is 6.61. The number of nitrogens with one attached hydrogen (secondary N) is 1. The number of anilines is 1. The Hall–Kier alpha value is -3.71. The zero-order valence-corrected chi connectivity index (χ0v) is 25.3. The highest BCUT2D eigenvalue weighted by molar-refractivity contribution is 7.80. The van der Waals surface area contributed by atoms with Crippen molar-refractivity contribution in [3.63, 3.8) is 0 Å². The van der Waals surface area contributed by atoms with Crippen molar-refractivity contribution in [2.45, 2.75) is 64.7 Å². The van der Waals surface area contributed by atoms with Gasteiger partial charge in [0, 0.05) is 17.1 Å². The van der Waals surface area contributed by atoms with E-state index in [1.807, 2.05) is 19.9 Å². The highest BCUT2D eigenvalue weighted by Crippen LogP contribution is 2.60. The van der Waals surface area contributed by atoms with Gasteiger partial charge in [-0.1, -0.05) is 12.1 Å². The average Bonchev–Trinajstić information content (AvgIpc) is 3.23. The molecule has 0 atom stereocenters. The third-order valence-electron chi connectivity index (χ3n) is 10.1. The van der Waals surface area contributed by atoms with Crippen LogP contribution in [0.2, 0.25) is 0 Å². The minimum atomic E-state index is -0.489. The van der Waals surface area contributed by atoms with Crippen LogP contribution in [0.4, 0.5) is 5.69 Å². The summed E-state index contributed by atoms with van der Waals surface area (Å²) in [7, 11) is 0. The number of carbonyl (C=O) groups is 2. The number of aryl methyl sites for hydroxylation is 1. The van der Waals surface area contributed by atoms with Crippen LogP contribution in [0, 0.1) is 31.6 Å². The first-order valence-corrected chi connectivity index (χ1v) is 15.6. The fourth-order valence-electron chi connectivity index (χ4n) is 8.66. The van der Waals surface area contributed by atoms with Crippen LogP contribution < -0.4 is 15.0 Å². The van der Waals surface area contributed by atoms with Gasteiger partial charge in [-0.25, -0.2) is 0 Å². The van der Waals surface area contributed by atoms with Crippen molar-refractivity contribution in [3.05, 3.63) is 82.7 Å². The molecule has 0 unspecified atom stereocenters. The van der Waals surface area contributed by atoms with E-state index < -0.39 is 11.8 Å². The molecule has 4 aliphatic carbocycles. The number of hydrogen-bond donors (Lipinski definition) is 1. The number of benzene rings is 2. The van der Waals surface area contributed by atoms with E-state index in [0.717, 1.165) is 40.4 Å². The van der Waals surface area contributed by atoms with Crippen LogP contribution >= 0.6 is 12.2 Å². The molecule has 8 rings (SSSR count). The molecule has 1 saturated heterocycles. The highest BCUT2D eigenvalue weighted by atomic mass is 32.1. The number of hydrogen-bond acceptors (Lipinski definition) is 4. The molecule has 42 heavy (non-hydrogen) atoms. The second kappa shape index (κ2) is 10.2. The predicted molar refractivity (Wildman–Crippen MR) is 169 cm³/mol. The molecular weight excluding hydrogens is 542 g/mol. The lowest BCUT2D eigenvalue weighted by Crippen LogP contribution is -2.54. The molecule has 3 aromatic rings. The summed E-state index contributed by atoms with van der Waals surface area (Å²) < 4.78 is 7.73. The summed E-state index contributed by atoms with van der Waals surface area (Å²) in [4.78, 5) is 27.9. The summed E-state index contributed by atoms with van der Waals surface area (Å²) in [5.41, 5.74) is 6.45. The predicted octanol–water partition coefficient (Wildman–Crippen LogP) is 6.79. The molecule has 1 aromatic heterocycles. The van der Waals surface area contributed by atoms with Gasteiger partial charge in [-0.3, -0.25) is 19.8 Å². The summed E-state index contributed by atoms with van der Waals surface area (Å²) >= 11 is 5.38. The number of aromatic nitrogens is 1. The van der Waals surface area contributed by atoms with Crippen LogP contribution in [0.15, 0.2) is 60.2 Å². The summed E-state index contributed by atoms with van der Waals surface area (Å²) in [6.45, 7) is 6.56. The molecule has 2 aromatic carbocycles. The number of rotatable bonds is 6. The topological polar surface area (TPSA) is 63.6 Å². The van der Waals surface area contributed by atoms with Gasteiger partial charge in [0.25, 0.3) is 11.8 Å². The van der Waals surface area contributed by atoms with Crippen LogP contribution in [0.1, 0.15) is 68.0 Å². The fourth-order valence-corrected chi connectivity index (χ4v) is 8.95. The maximum Gasteiger partial charge on any atom is 0.270 e. The molecule has 5 fully saturated rings. The second-order valence-corrected chi connectivity index (χ2v) is 13.2. The molecule has 4 saturated carbocycles. The lowest BCUT2D eigenvalue weighted by atomic mass is 9.48. The largest absolute Gasteiger partial charge is 0.494 e. The van der Waals surface area contributed by atoms with Crippen molar-refractivity contribution >= 4 is 40.9 Å². The fraction of sp³-hybridized carbons (Fsp3) is 0.400. The first kappa shape index (κ1) is 27.1. The number of nitrogens with zero attached hydrogens (tertiary/aromatic N) is 2. The van der Waals surface area contributed by atoms with Crippen LogP contribution in [-0.2, 0) is 15.0 Å². The maximum atomic E-state index is 13.6. The van der Waals surface area contributed by atoms with E-state index in [9.17, 15) is 9.59 Å². The first-order chi connectivity index (χ1) is 20.2. The summed E-state index contributed by atoms with van der Waals surface area (Å²) in [5, 5.41) is 2.76. The molecule has 2 heterocycles. The van der Waals surface area contributed by atoms with Crippen LogP contribution in [-0.4, -0.2) is 28.1 Å². The average molecular weight is 580 g/mol. The molecule has 2 amide bonds. The third kappa shape index (κ3) is 4.49. The zero-order chi connectivity index (χ0) is 29.2. The molecule has 0 radical (unpaired) electrons. The Morgan fingerprint density at radius 1 is 0.929 bits per heavy atom. The Balaban J connectivity index is 1.17. The molecule has 216 valence electrons. The quantitative estimate of drug-likeness (QED) is 0.198. The Labute approximate surface area is 252 Å². The van der Waals surface area contributed by atoms with Gasteiger partial charge in [0.15, 0.2) is 5.11 Å². The molecular formula is C35H37N3O3S. The van der Waals surface area contributed by atoms with Gasteiger partial charge in [0.05, 0.1) is 12.3 Å². The number of ether oxygens (including phenoxy) is 1. The van der Waals surface area contributed by atoms with Crippen molar-refractivity contribution in [3.8, 4) is 11.4 Å². The van der Waals surface area contributed by atoms with Gasteiger partial charge >= 0.3 is 0 Å². The lowest BCUT2D eigenvalue weighted by molar-refractivity contribution is -0.122. The number of thiocarbonyl (C=S) groups is 1. The first-order valence-electron chi connectivity index (χ1n) is 15.2. The molecule has 6 nitrogen and oxygen atoms in total. The molecule has 4 bridgehead atoms. The highest BCUT2D eigenvalue weighted by Gasteiger charge is 2.51. The summed E-state index contributed by atoms with van der Waals surface area (Å²) in [5.74, 6) is 2.52. The van der Waals surface area contributed by atoms with Crippen molar-refractivity contribution < 1.29 is 14.3 Å². The van der Waals surface area contributed by atoms with Crippen molar-refractivity contribution in [1.29, 1.82) is 0 Å². The SMILES string of the molecule is CCOc1ccc(N2C(=O)/C(=C/c3cc(C)n(-c4ccc(C56CC7CC(CC(C7)C5)C6)cc4)c3C)C(=O)NC2=S)cc1. The minimum absolute atomic E-state index is 0.0508. The number of amides is 2. The molecule has 1 aliphatic heterocycles. The van der Waals surface area contributed by atoms with Crippen LogP contribution in [0.3, 0.4) is 0 Å². The maximum absolute atomic E-state index is 13.6. The van der Waals surface area contributed by atoms with E-state index in [-0.39, 0.29) is 10.7 Å².